The topological polar surface area (TPSA) is 144 Å². The predicted molar refractivity (Wildman–Crippen MR) is 208 cm³/mol. The maximum atomic E-state index is 14.8. The van der Waals surface area contributed by atoms with E-state index in [1.54, 1.807) is 25.8 Å². The molecule has 1 N–H and O–H groups in total. The number of benzene rings is 4. The largest absolute Gasteiger partial charge is 0.457 e. The lowest BCUT2D eigenvalue weighted by Gasteiger charge is -2.34. The third-order valence-corrected chi connectivity index (χ3v) is 9.70. The number of nitrogens with zero attached hydrogens (tertiary/aromatic N) is 4. The van der Waals surface area contributed by atoms with E-state index >= 15 is 0 Å². The van der Waals surface area contributed by atoms with E-state index in [0.29, 0.717) is 25.9 Å². The summed E-state index contributed by atoms with van der Waals surface area (Å²) < 4.78 is 16.5. The molecule has 12 nitrogen and oxygen atoms in total. The number of likely N-dealkylation sites (N-methyl/N-ethyl adjacent to an activating group) is 1. The number of nitrogens with one attached hydrogen (secondary N) is 1. The molecule has 6 rings (SSSR count). The Bertz CT molecular complexity index is 2170. The van der Waals surface area contributed by atoms with Gasteiger partial charge in [-0.1, -0.05) is 84.9 Å². The van der Waals surface area contributed by atoms with Crippen LogP contribution in [0.15, 0.2) is 89.5 Å². The van der Waals surface area contributed by atoms with Crippen LogP contribution in [0.5, 0.6) is 0 Å². The zero-order valence-corrected chi connectivity index (χ0v) is 32.3. The number of ether oxygens (including phenoxy) is 2. The summed E-state index contributed by atoms with van der Waals surface area (Å²) in [6.45, 7) is 9.63. The van der Waals surface area contributed by atoms with E-state index in [4.69, 9.17) is 14.0 Å². The van der Waals surface area contributed by atoms with E-state index in [1.807, 2.05) is 106 Å². The van der Waals surface area contributed by atoms with Crippen molar-refractivity contribution in [2.75, 3.05) is 20.1 Å². The third kappa shape index (κ3) is 9.86. The van der Waals surface area contributed by atoms with E-state index in [1.165, 1.54) is 4.90 Å². The number of carbonyl (C=O) groups excluding carboxylic acids is 4. The molecule has 1 aromatic heterocycles. The van der Waals surface area contributed by atoms with Gasteiger partial charge in [0.15, 0.2) is 0 Å². The van der Waals surface area contributed by atoms with Gasteiger partial charge in [-0.25, -0.2) is 9.59 Å². The van der Waals surface area contributed by atoms with Crippen molar-refractivity contribution in [3.63, 3.8) is 0 Å². The molecular formula is C43H49N5O7. The average Bonchev–Trinajstić information content (AvgIpc) is 3.65. The third-order valence-electron chi connectivity index (χ3n) is 9.70. The van der Waals surface area contributed by atoms with Crippen molar-refractivity contribution >= 4 is 45.4 Å². The molecule has 1 aliphatic rings. The van der Waals surface area contributed by atoms with Gasteiger partial charge in [0.2, 0.25) is 17.7 Å². The average molecular weight is 748 g/mol. The van der Waals surface area contributed by atoms with Crippen LogP contribution < -0.4 is 5.32 Å². The maximum Gasteiger partial charge on any atom is 0.410 e. The number of esters is 1. The monoisotopic (exact) mass is 747 g/mol. The number of piperidine rings is 1. The Labute approximate surface area is 321 Å². The van der Waals surface area contributed by atoms with Crippen molar-refractivity contribution in [2.24, 2.45) is 5.92 Å². The highest BCUT2D eigenvalue weighted by molar-refractivity contribution is 5.90. The maximum absolute atomic E-state index is 14.8. The number of aromatic nitrogens is 2. The van der Waals surface area contributed by atoms with Crippen LogP contribution in [0.4, 0.5) is 4.79 Å². The molecular weight excluding hydrogens is 699 g/mol. The van der Waals surface area contributed by atoms with Gasteiger partial charge < -0.3 is 29.1 Å². The van der Waals surface area contributed by atoms with Crippen molar-refractivity contribution < 1.29 is 33.2 Å². The first-order valence-electron chi connectivity index (χ1n) is 18.8. The SMILES string of the molecule is CC(C)OC(=O)c1noc(C(Cc2ccc3ccccc3c2)N(C)C(=O)C(Cc2ccc3ccccc3c2)NC(=O)C2CCN(C(=O)OC(C)(C)C)CC2)n1. The predicted octanol–water partition coefficient (Wildman–Crippen LogP) is 7.06. The summed E-state index contributed by atoms with van der Waals surface area (Å²) in [5, 5.41) is 11.2. The van der Waals surface area contributed by atoms with Gasteiger partial charge in [0.25, 0.3) is 5.82 Å². The molecule has 2 atom stereocenters. The second kappa shape index (κ2) is 16.7. The molecule has 0 aliphatic carbocycles. The highest BCUT2D eigenvalue weighted by Gasteiger charge is 2.36. The fraction of sp³-hybridized carbons (Fsp3) is 0.395. The zero-order chi connectivity index (χ0) is 39.3. The van der Waals surface area contributed by atoms with Gasteiger partial charge in [-0.2, -0.15) is 4.98 Å². The molecule has 288 valence electrons. The Morgan fingerprint density at radius 1 is 0.855 bits per heavy atom. The molecule has 55 heavy (non-hydrogen) atoms. The van der Waals surface area contributed by atoms with Gasteiger partial charge in [0.1, 0.15) is 17.7 Å². The van der Waals surface area contributed by atoms with Crippen LogP contribution in [0.1, 0.15) is 81.1 Å². The first-order chi connectivity index (χ1) is 26.2. The molecule has 1 fully saturated rings. The molecule has 2 unspecified atom stereocenters. The summed E-state index contributed by atoms with van der Waals surface area (Å²) >= 11 is 0. The van der Waals surface area contributed by atoms with Crippen LogP contribution in [0, 0.1) is 5.92 Å². The van der Waals surface area contributed by atoms with E-state index in [2.05, 4.69) is 15.5 Å². The Kier molecular flexibility index (Phi) is 11.8. The lowest BCUT2D eigenvalue weighted by molar-refractivity contribution is -0.139. The summed E-state index contributed by atoms with van der Waals surface area (Å²) in [6.07, 6.45) is 0.564. The van der Waals surface area contributed by atoms with E-state index in [0.717, 1.165) is 32.7 Å². The van der Waals surface area contributed by atoms with Crippen LogP contribution in [-0.4, -0.2) is 81.7 Å². The number of likely N-dealkylation sites (tertiary alicyclic amines) is 1. The van der Waals surface area contributed by atoms with Gasteiger partial charge in [-0.3, -0.25) is 9.59 Å². The van der Waals surface area contributed by atoms with E-state index < -0.39 is 41.8 Å². The molecule has 0 spiro atoms. The summed E-state index contributed by atoms with van der Waals surface area (Å²) in [7, 11) is 1.64. The first-order valence-corrected chi connectivity index (χ1v) is 18.8. The molecule has 0 saturated carbocycles. The highest BCUT2D eigenvalue weighted by atomic mass is 16.6. The summed E-state index contributed by atoms with van der Waals surface area (Å²) in [5.41, 5.74) is 1.15. The van der Waals surface area contributed by atoms with Crippen LogP contribution >= 0.6 is 0 Å². The van der Waals surface area contributed by atoms with Crippen LogP contribution in [0.2, 0.25) is 0 Å². The van der Waals surface area contributed by atoms with Crippen molar-refractivity contribution in [2.45, 2.75) is 84.1 Å². The lowest BCUT2D eigenvalue weighted by Crippen LogP contribution is -2.52. The fourth-order valence-electron chi connectivity index (χ4n) is 6.84. The highest BCUT2D eigenvalue weighted by Crippen LogP contribution is 2.28. The van der Waals surface area contributed by atoms with Crippen LogP contribution in [0.3, 0.4) is 0 Å². The molecule has 1 aliphatic heterocycles. The molecule has 0 bridgehead atoms. The number of rotatable bonds is 11. The first kappa shape index (κ1) is 38.9. The number of fused-ring (bicyclic) bond motifs is 2. The number of carbonyl (C=O) groups is 4. The Morgan fingerprint density at radius 3 is 1.98 bits per heavy atom. The fourth-order valence-corrected chi connectivity index (χ4v) is 6.84. The molecule has 5 aromatic rings. The molecule has 2 heterocycles. The minimum atomic E-state index is -0.963. The smallest absolute Gasteiger partial charge is 0.410 e. The standard InChI is InChI=1S/C43H49N5O7/c1-27(2)53-41(51)37-45-39(55-46-37)36(26-29-16-18-31-12-8-10-14-34(31)24-29)47(6)40(50)35(25-28-15-17-30-11-7-9-13-33(30)23-28)44-38(49)32-19-21-48(22-20-32)42(52)54-43(3,4)5/h7-18,23-24,27,32,35-36H,19-22,25-26H2,1-6H3,(H,44,49). The molecule has 3 amide bonds. The van der Waals surface area contributed by atoms with Gasteiger partial charge in [0, 0.05) is 38.9 Å². The summed E-state index contributed by atoms with van der Waals surface area (Å²) in [6, 6.07) is 26.2. The minimum absolute atomic E-state index is 0.0602. The molecule has 0 radical (unpaired) electrons. The zero-order valence-electron chi connectivity index (χ0n) is 32.3. The minimum Gasteiger partial charge on any atom is -0.457 e. The number of hydrogen-bond acceptors (Lipinski definition) is 9. The van der Waals surface area contributed by atoms with E-state index in [-0.39, 0.29) is 36.4 Å². The number of hydrogen-bond donors (Lipinski definition) is 1. The summed E-state index contributed by atoms with van der Waals surface area (Å²) in [5.74, 6) is -1.96. The Balaban J connectivity index is 1.28. The normalized spacial score (nSPS) is 14.8. The Morgan fingerprint density at radius 2 is 1.42 bits per heavy atom. The quantitative estimate of drug-likeness (QED) is 0.141. The van der Waals surface area contributed by atoms with E-state index in [9.17, 15) is 19.2 Å². The lowest BCUT2D eigenvalue weighted by atomic mass is 9.94. The molecule has 4 aromatic carbocycles. The molecule has 12 heteroatoms. The van der Waals surface area contributed by atoms with Crippen molar-refractivity contribution in [1.82, 2.24) is 25.3 Å². The number of amides is 3. The molecule has 1 saturated heterocycles. The Hall–Kier alpha value is -5.78. The van der Waals surface area contributed by atoms with Crippen LogP contribution in [0.25, 0.3) is 21.5 Å². The van der Waals surface area contributed by atoms with Crippen molar-refractivity contribution in [3.8, 4) is 0 Å². The second-order valence-electron chi connectivity index (χ2n) is 15.4. The van der Waals surface area contributed by atoms with Crippen molar-refractivity contribution in [3.05, 3.63) is 108 Å². The van der Waals surface area contributed by atoms with Crippen molar-refractivity contribution in [1.29, 1.82) is 0 Å². The second-order valence-corrected chi connectivity index (χ2v) is 15.4. The van der Waals surface area contributed by atoms with Crippen LogP contribution in [-0.2, 0) is 31.9 Å². The van der Waals surface area contributed by atoms with Gasteiger partial charge in [-0.15, -0.1) is 0 Å². The van der Waals surface area contributed by atoms with Gasteiger partial charge >= 0.3 is 12.1 Å². The van der Waals surface area contributed by atoms with Gasteiger partial charge in [0.05, 0.1) is 6.10 Å². The summed E-state index contributed by atoms with van der Waals surface area (Å²) in [4.78, 5) is 61.7. The van der Waals surface area contributed by atoms with Gasteiger partial charge in [-0.05, 0) is 85.3 Å².